The Kier molecular flexibility index (Phi) is 4.17. The van der Waals surface area contributed by atoms with Crippen LogP contribution in [0.4, 0.5) is 4.39 Å². The van der Waals surface area contributed by atoms with E-state index < -0.39 is 5.67 Å². The van der Waals surface area contributed by atoms with Crippen molar-refractivity contribution in [3.05, 3.63) is 0 Å². The van der Waals surface area contributed by atoms with E-state index >= 15 is 0 Å². The normalized spacial score (nSPS) is 34.2. The Morgan fingerprint density at radius 1 is 1.60 bits per heavy atom. The zero-order valence-electron chi connectivity index (χ0n) is 6.02. The highest BCUT2D eigenvalue weighted by Gasteiger charge is 2.24. The summed E-state index contributed by atoms with van der Waals surface area (Å²) in [6, 6.07) is 0. The van der Waals surface area contributed by atoms with Crippen molar-refractivity contribution in [2.75, 3.05) is 26.3 Å². The fourth-order valence-electron chi connectivity index (χ4n) is 0.829. The minimum Gasteiger partial charge on any atom is -0.377 e. The maximum absolute atomic E-state index is 12.9. The van der Waals surface area contributed by atoms with E-state index in [0.29, 0.717) is 13.2 Å². The fraction of sp³-hybridized carbons (Fsp3) is 1.00. The fourth-order valence-corrected chi connectivity index (χ4v) is 0.829. The van der Waals surface area contributed by atoms with Gasteiger partial charge in [0.25, 0.3) is 0 Å². The quantitative estimate of drug-likeness (QED) is 0.578. The van der Waals surface area contributed by atoms with Crippen LogP contribution in [0.25, 0.3) is 0 Å². The highest BCUT2D eigenvalue weighted by atomic mass is 35.5. The summed E-state index contributed by atoms with van der Waals surface area (Å²) in [6.45, 7) is 3.57. The predicted octanol–water partition coefficient (Wildman–Crippen LogP) is 0.756. The second-order valence-corrected chi connectivity index (χ2v) is 2.64. The molecule has 0 aromatic carbocycles. The highest BCUT2D eigenvalue weighted by Crippen LogP contribution is 2.10. The van der Waals surface area contributed by atoms with E-state index in [1.54, 1.807) is 6.92 Å². The maximum atomic E-state index is 12.9. The molecule has 0 aromatic heterocycles. The van der Waals surface area contributed by atoms with Crippen LogP contribution in [0.15, 0.2) is 0 Å². The van der Waals surface area contributed by atoms with Crippen LogP contribution in [-0.2, 0) is 4.74 Å². The van der Waals surface area contributed by atoms with Crippen LogP contribution >= 0.6 is 12.4 Å². The van der Waals surface area contributed by atoms with E-state index in [0.717, 1.165) is 6.54 Å². The molecule has 0 aromatic rings. The van der Waals surface area contributed by atoms with Crippen molar-refractivity contribution in [1.29, 1.82) is 0 Å². The first-order chi connectivity index (χ1) is 4.21. The minimum absolute atomic E-state index is 0. The van der Waals surface area contributed by atoms with Gasteiger partial charge in [-0.1, -0.05) is 0 Å². The number of rotatable bonds is 0. The van der Waals surface area contributed by atoms with Crippen LogP contribution in [0, 0.1) is 0 Å². The molecule has 1 aliphatic heterocycles. The van der Waals surface area contributed by atoms with Gasteiger partial charge in [-0.2, -0.15) is 0 Å². The van der Waals surface area contributed by atoms with E-state index in [2.05, 4.69) is 5.32 Å². The summed E-state index contributed by atoms with van der Waals surface area (Å²) in [5.74, 6) is 0. The summed E-state index contributed by atoms with van der Waals surface area (Å²) in [4.78, 5) is 0. The minimum atomic E-state index is -1.17. The van der Waals surface area contributed by atoms with Crippen molar-refractivity contribution in [3.8, 4) is 0 Å². The van der Waals surface area contributed by atoms with Gasteiger partial charge in [0.15, 0.2) is 0 Å². The largest absolute Gasteiger partial charge is 0.377 e. The van der Waals surface area contributed by atoms with Crippen molar-refractivity contribution in [2.24, 2.45) is 0 Å². The number of hydrogen-bond acceptors (Lipinski definition) is 2. The van der Waals surface area contributed by atoms with Crippen molar-refractivity contribution in [1.82, 2.24) is 5.32 Å². The number of halogens is 2. The summed E-state index contributed by atoms with van der Waals surface area (Å²) in [7, 11) is 0. The Bertz CT molecular complexity index is 89.7. The molecule has 0 radical (unpaired) electrons. The Hall–Kier alpha value is 0.140. The SMILES string of the molecule is CC1(F)CNCCOC1.Cl. The van der Waals surface area contributed by atoms with Crippen molar-refractivity contribution >= 4 is 12.4 Å². The molecule has 0 bridgehead atoms. The van der Waals surface area contributed by atoms with Gasteiger partial charge in [0, 0.05) is 13.1 Å². The van der Waals surface area contributed by atoms with E-state index in [1.807, 2.05) is 0 Å². The molecular weight excluding hydrogens is 157 g/mol. The van der Waals surface area contributed by atoms with Gasteiger partial charge in [0.1, 0.15) is 5.67 Å². The molecule has 1 saturated heterocycles. The van der Waals surface area contributed by atoms with Crippen LogP contribution < -0.4 is 5.32 Å². The maximum Gasteiger partial charge on any atom is 0.143 e. The molecule has 0 aliphatic carbocycles. The van der Waals surface area contributed by atoms with E-state index in [1.165, 1.54) is 0 Å². The second-order valence-electron chi connectivity index (χ2n) is 2.64. The third-order valence-electron chi connectivity index (χ3n) is 1.32. The van der Waals surface area contributed by atoms with Crippen LogP contribution in [0.2, 0.25) is 0 Å². The molecule has 1 N–H and O–H groups in total. The lowest BCUT2D eigenvalue weighted by Crippen LogP contribution is -2.34. The molecule has 1 unspecified atom stereocenters. The number of hydrogen-bond donors (Lipinski definition) is 1. The Balaban J connectivity index is 0.000000810. The van der Waals surface area contributed by atoms with Gasteiger partial charge in [-0.3, -0.25) is 0 Å². The Morgan fingerprint density at radius 2 is 2.30 bits per heavy atom. The summed E-state index contributed by atoms with van der Waals surface area (Å²) >= 11 is 0. The molecule has 1 heterocycles. The van der Waals surface area contributed by atoms with Gasteiger partial charge >= 0.3 is 0 Å². The van der Waals surface area contributed by atoms with Gasteiger partial charge in [-0.05, 0) is 6.92 Å². The van der Waals surface area contributed by atoms with Crippen LogP contribution in [0.5, 0.6) is 0 Å². The zero-order chi connectivity index (χ0) is 6.74. The smallest absolute Gasteiger partial charge is 0.143 e. The Morgan fingerprint density at radius 3 is 3.00 bits per heavy atom. The molecule has 1 rings (SSSR count). The third-order valence-corrected chi connectivity index (χ3v) is 1.32. The first-order valence-corrected chi connectivity index (χ1v) is 3.18. The average Bonchev–Trinajstić information content (AvgIpc) is 1.92. The van der Waals surface area contributed by atoms with Gasteiger partial charge < -0.3 is 10.1 Å². The van der Waals surface area contributed by atoms with Crippen molar-refractivity contribution < 1.29 is 9.13 Å². The molecule has 62 valence electrons. The molecular formula is C6H13ClFNO. The lowest BCUT2D eigenvalue weighted by Gasteiger charge is -2.15. The predicted molar refractivity (Wildman–Crippen MR) is 40.4 cm³/mol. The molecule has 10 heavy (non-hydrogen) atoms. The summed E-state index contributed by atoms with van der Waals surface area (Å²) in [5.41, 5.74) is -1.17. The van der Waals surface area contributed by atoms with Gasteiger partial charge in [-0.15, -0.1) is 12.4 Å². The number of ether oxygens (including phenoxy) is 1. The Labute approximate surface area is 66.5 Å². The molecule has 0 saturated carbocycles. The standard InChI is InChI=1S/C6H12FNO.ClH/c1-6(7)4-8-2-3-9-5-6;/h8H,2-5H2,1H3;1H. The molecule has 0 amide bonds. The molecule has 1 fully saturated rings. The molecule has 0 spiro atoms. The highest BCUT2D eigenvalue weighted by molar-refractivity contribution is 5.85. The molecule has 1 aliphatic rings. The number of nitrogens with one attached hydrogen (secondary N) is 1. The second kappa shape index (κ2) is 4.11. The van der Waals surface area contributed by atoms with Crippen LogP contribution in [0.1, 0.15) is 6.92 Å². The topological polar surface area (TPSA) is 21.3 Å². The van der Waals surface area contributed by atoms with E-state index in [4.69, 9.17) is 4.74 Å². The lowest BCUT2D eigenvalue weighted by molar-refractivity contribution is 0.0503. The van der Waals surface area contributed by atoms with Crippen LogP contribution in [-0.4, -0.2) is 32.0 Å². The van der Waals surface area contributed by atoms with Gasteiger partial charge in [0.2, 0.25) is 0 Å². The first kappa shape index (κ1) is 10.1. The van der Waals surface area contributed by atoms with Crippen molar-refractivity contribution in [2.45, 2.75) is 12.6 Å². The molecule has 4 heteroatoms. The third kappa shape index (κ3) is 3.34. The van der Waals surface area contributed by atoms with E-state index in [9.17, 15) is 4.39 Å². The van der Waals surface area contributed by atoms with E-state index in [-0.39, 0.29) is 19.0 Å². The lowest BCUT2D eigenvalue weighted by atomic mass is 10.1. The first-order valence-electron chi connectivity index (χ1n) is 3.18. The zero-order valence-corrected chi connectivity index (χ0v) is 6.84. The molecule has 2 nitrogen and oxygen atoms in total. The molecule has 1 atom stereocenters. The summed E-state index contributed by atoms with van der Waals surface area (Å²) < 4.78 is 17.9. The van der Waals surface area contributed by atoms with Gasteiger partial charge in [-0.25, -0.2) is 4.39 Å². The van der Waals surface area contributed by atoms with Gasteiger partial charge in [0.05, 0.1) is 13.2 Å². The number of alkyl halides is 1. The van der Waals surface area contributed by atoms with Crippen LogP contribution in [0.3, 0.4) is 0 Å². The van der Waals surface area contributed by atoms with Crippen molar-refractivity contribution in [3.63, 3.8) is 0 Å². The summed E-state index contributed by atoms with van der Waals surface area (Å²) in [5, 5.41) is 2.94. The monoisotopic (exact) mass is 169 g/mol. The summed E-state index contributed by atoms with van der Waals surface area (Å²) in [6.07, 6.45) is 0. The average molecular weight is 170 g/mol.